The van der Waals surface area contributed by atoms with E-state index in [9.17, 15) is 0 Å². The van der Waals surface area contributed by atoms with Crippen LogP contribution in [0.4, 0.5) is 0 Å². The number of nitrogens with zero attached hydrogens (tertiary/aromatic N) is 3. The lowest BCUT2D eigenvalue weighted by atomic mass is 9.97. The second kappa shape index (κ2) is 7.83. The van der Waals surface area contributed by atoms with Crippen molar-refractivity contribution in [3.63, 3.8) is 0 Å². The summed E-state index contributed by atoms with van der Waals surface area (Å²) in [7, 11) is 0. The van der Waals surface area contributed by atoms with E-state index in [0.717, 1.165) is 50.8 Å². The van der Waals surface area contributed by atoms with E-state index in [4.69, 9.17) is 16.3 Å². The molecule has 2 saturated heterocycles. The van der Waals surface area contributed by atoms with Gasteiger partial charge in [0, 0.05) is 56.2 Å². The van der Waals surface area contributed by atoms with E-state index in [2.05, 4.69) is 39.0 Å². The van der Waals surface area contributed by atoms with Crippen LogP contribution >= 0.6 is 11.6 Å². The second-order valence-corrected chi connectivity index (χ2v) is 7.32. The molecular weight excluding hydrogens is 334 g/mol. The monoisotopic (exact) mass is 357 g/mol. The average molecular weight is 358 g/mol. The molecule has 4 rings (SSSR count). The molecule has 0 spiro atoms. The number of halogens is 1. The summed E-state index contributed by atoms with van der Waals surface area (Å²) in [6.45, 7) is 5.79. The van der Waals surface area contributed by atoms with Crippen molar-refractivity contribution in [3.8, 4) is 0 Å². The molecule has 0 saturated carbocycles. The van der Waals surface area contributed by atoms with E-state index in [0.29, 0.717) is 12.1 Å². The number of rotatable bonds is 4. The highest BCUT2D eigenvalue weighted by molar-refractivity contribution is 6.31. The first-order valence-corrected chi connectivity index (χ1v) is 9.38. The van der Waals surface area contributed by atoms with Crippen LogP contribution in [0.2, 0.25) is 5.02 Å². The maximum Gasteiger partial charge on any atom is 0.0755 e. The maximum absolute atomic E-state index is 6.35. The zero-order valence-corrected chi connectivity index (χ0v) is 15.1. The van der Waals surface area contributed by atoms with Gasteiger partial charge in [-0.3, -0.25) is 14.8 Å². The van der Waals surface area contributed by atoms with Crippen molar-refractivity contribution in [2.45, 2.75) is 31.7 Å². The zero-order chi connectivity index (χ0) is 17.1. The fourth-order valence-corrected chi connectivity index (χ4v) is 4.13. The molecule has 1 aromatic carbocycles. The van der Waals surface area contributed by atoms with Crippen LogP contribution in [-0.4, -0.2) is 53.2 Å². The van der Waals surface area contributed by atoms with Gasteiger partial charge in [-0.25, -0.2) is 0 Å². The molecule has 0 aliphatic carbocycles. The molecule has 0 radical (unpaired) electrons. The maximum atomic E-state index is 6.35. The van der Waals surface area contributed by atoms with Crippen molar-refractivity contribution in [1.82, 2.24) is 14.8 Å². The Hall–Kier alpha value is -1.46. The fraction of sp³-hybridized carbons (Fsp3) is 0.450. The summed E-state index contributed by atoms with van der Waals surface area (Å²) in [6, 6.07) is 12.8. The summed E-state index contributed by atoms with van der Waals surface area (Å²) < 4.78 is 6.07. The molecule has 0 bridgehead atoms. The predicted molar refractivity (Wildman–Crippen MR) is 99.5 cm³/mol. The van der Waals surface area contributed by atoms with E-state index in [1.54, 1.807) is 0 Å². The SMILES string of the molecule is Clc1ccccc1CN1CC[C@H]2OCCN(Cc3ccncc3)[C@@H]2C1. The largest absolute Gasteiger partial charge is 0.375 e. The third kappa shape index (κ3) is 4.04. The Morgan fingerprint density at radius 1 is 1.08 bits per heavy atom. The Morgan fingerprint density at radius 3 is 2.76 bits per heavy atom. The third-order valence-corrected chi connectivity index (χ3v) is 5.64. The van der Waals surface area contributed by atoms with Crippen LogP contribution in [0.1, 0.15) is 17.5 Å². The molecule has 3 heterocycles. The van der Waals surface area contributed by atoms with Gasteiger partial charge in [0.05, 0.1) is 12.7 Å². The summed E-state index contributed by atoms with van der Waals surface area (Å²) in [4.78, 5) is 9.21. The van der Waals surface area contributed by atoms with Crippen LogP contribution in [0.5, 0.6) is 0 Å². The highest BCUT2D eigenvalue weighted by Crippen LogP contribution is 2.26. The van der Waals surface area contributed by atoms with Crippen molar-refractivity contribution in [2.75, 3.05) is 26.2 Å². The molecule has 2 fully saturated rings. The number of ether oxygens (including phenoxy) is 1. The first-order valence-electron chi connectivity index (χ1n) is 9.00. The predicted octanol–water partition coefficient (Wildman–Crippen LogP) is 3.21. The number of aromatic nitrogens is 1. The van der Waals surface area contributed by atoms with Crippen LogP contribution in [-0.2, 0) is 17.8 Å². The number of pyridine rings is 1. The number of hydrogen-bond acceptors (Lipinski definition) is 4. The lowest BCUT2D eigenvalue weighted by Gasteiger charge is -2.47. The van der Waals surface area contributed by atoms with Crippen LogP contribution in [0.3, 0.4) is 0 Å². The molecule has 0 unspecified atom stereocenters. The average Bonchev–Trinajstić information content (AvgIpc) is 2.65. The van der Waals surface area contributed by atoms with Gasteiger partial charge < -0.3 is 4.74 Å². The number of morpholine rings is 1. The van der Waals surface area contributed by atoms with E-state index >= 15 is 0 Å². The van der Waals surface area contributed by atoms with Gasteiger partial charge in [-0.05, 0) is 35.7 Å². The molecule has 2 atom stereocenters. The van der Waals surface area contributed by atoms with Crippen molar-refractivity contribution < 1.29 is 4.74 Å². The quantitative estimate of drug-likeness (QED) is 0.840. The lowest BCUT2D eigenvalue weighted by molar-refractivity contribution is -0.107. The number of likely N-dealkylation sites (tertiary alicyclic amines) is 1. The molecular formula is C20H24ClN3O. The minimum Gasteiger partial charge on any atom is -0.375 e. The minimum absolute atomic E-state index is 0.345. The van der Waals surface area contributed by atoms with Gasteiger partial charge in [0.2, 0.25) is 0 Å². The van der Waals surface area contributed by atoms with Crippen molar-refractivity contribution in [3.05, 3.63) is 64.9 Å². The van der Waals surface area contributed by atoms with Crippen LogP contribution in [0.15, 0.2) is 48.8 Å². The van der Waals surface area contributed by atoms with Crippen molar-refractivity contribution in [1.29, 1.82) is 0 Å². The summed E-state index contributed by atoms with van der Waals surface area (Å²) in [5, 5.41) is 0.859. The first-order chi connectivity index (χ1) is 12.3. The highest BCUT2D eigenvalue weighted by Gasteiger charge is 2.36. The number of piperidine rings is 1. The summed E-state index contributed by atoms with van der Waals surface area (Å²) >= 11 is 6.35. The van der Waals surface area contributed by atoms with E-state index in [1.165, 1.54) is 11.1 Å². The summed E-state index contributed by atoms with van der Waals surface area (Å²) in [5.41, 5.74) is 2.53. The second-order valence-electron chi connectivity index (χ2n) is 6.92. The van der Waals surface area contributed by atoms with Gasteiger partial charge in [-0.15, -0.1) is 0 Å². The Morgan fingerprint density at radius 2 is 1.92 bits per heavy atom. The van der Waals surface area contributed by atoms with Crippen molar-refractivity contribution >= 4 is 11.6 Å². The van der Waals surface area contributed by atoms with Gasteiger partial charge in [0.1, 0.15) is 0 Å². The minimum atomic E-state index is 0.345. The molecule has 25 heavy (non-hydrogen) atoms. The molecule has 2 aliphatic rings. The Labute approximate surface area is 154 Å². The Bertz CT molecular complexity index is 696. The van der Waals surface area contributed by atoms with Gasteiger partial charge in [-0.2, -0.15) is 0 Å². The number of benzene rings is 1. The van der Waals surface area contributed by atoms with E-state index < -0.39 is 0 Å². The first kappa shape index (κ1) is 17.0. The number of hydrogen-bond donors (Lipinski definition) is 0. The molecule has 4 nitrogen and oxygen atoms in total. The van der Waals surface area contributed by atoms with Gasteiger partial charge in [-0.1, -0.05) is 29.8 Å². The Balaban J connectivity index is 1.45. The molecule has 0 N–H and O–H groups in total. The summed E-state index contributed by atoms with van der Waals surface area (Å²) in [5.74, 6) is 0. The Kier molecular flexibility index (Phi) is 5.32. The number of fused-ring (bicyclic) bond motifs is 1. The van der Waals surface area contributed by atoms with Gasteiger partial charge in [0.15, 0.2) is 0 Å². The molecule has 5 heteroatoms. The van der Waals surface area contributed by atoms with Crippen LogP contribution < -0.4 is 0 Å². The van der Waals surface area contributed by atoms with E-state index in [1.807, 2.05) is 24.5 Å². The normalized spacial score (nSPS) is 24.8. The van der Waals surface area contributed by atoms with Crippen LogP contribution in [0.25, 0.3) is 0 Å². The zero-order valence-electron chi connectivity index (χ0n) is 14.4. The molecule has 2 aromatic rings. The molecule has 2 aliphatic heterocycles. The molecule has 1 aromatic heterocycles. The fourth-order valence-electron chi connectivity index (χ4n) is 3.94. The standard InChI is InChI=1S/C20H24ClN3O/c21-18-4-2-1-3-17(18)14-23-10-7-20-19(15-23)24(11-12-25-20)13-16-5-8-22-9-6-16/h1-6,8-9,19-20H,7,10-15H2/t19-,20-/m1/s1. The van der Waals surface area contributed by atoms with E-state index in [-0.39, 0.29) is 0 Å². The summed E-state index contributed by atoms with van der Waals surface area (Å²) in [6.07, 6.45) is 5.18. The smallest absolute Gasteiger partial charge is 0.0755 e. The highest BCUT2D eigenvalue weighted by atomic mass is 35.5. The molecule has 132 valence electrons. The van der Waals surface area contributed by atoms with Crippen molar-refractivity contribution in [2.24, 2.45) is 0 Å². The topological polar surface area (TPSA) is 28.6 Å². The van der Waals surface area contributed by atoms with Crippen LogP contribution in [0, 0.1) is 0 Å². The lowest BCUT2D eigenvalue weighted by Crippen LogP contribution is -2.59. The van der Waals surface area contributed by atoms with Gasteiger partial charge in [0.25, 0.3) is 0 Å². The molecule has 0 amide bonds. The third-order valence-electron chi connectivity index (χ3n) is 5.27. The van der Waals surface area contributed by atoms with Gasteiger partial charge >= 0.3 is 0 Å².